The van der Waals surface area contributed by atoms with Gasteiger partial charge in [-0.3, -0.25) is 9.48 Å². The number of aromatic nitrogens is 3. The van der Waals surface area contributed by atoms with E-state index in [0.717, 1.165) is 5.56 Å². The lowest BCUT2D eigenvalue weighted by molar-refractivity contribution is -0.121. The van der Waals surface area contributed by atoms with Crippen molar-refractivity contribution in [3.05, 3.63) is 42.5 Å². The molecule has 1 heterocycles. The predicted octanol–water partition coefficient (Wildman–Crippen LogP) is 0.324. The van der Waals surface area contributed by atoms with Crippen molar-refractivity contribution in [1.82, 2.24) is 24.8 Å². The number of aryl methyl sites for hydroxylation is 1. The number of hydrogen-bond acceptors (Lipinski definition) is 5. The Morgan fingerprint density at radius 2 is 2.00 bits per heavy atom. The van der Waals surface area contributed by atoms with E-state index in [1.54, 1.807) is 23.1 Å². The summed E-state index contributed by atoms with van der Waals surface area (Å²) < 4.78 is 27.2. The molecular formula is C15H21N5O3S. The molecule has 1 amide bonds. The first-order valence-corrected chi connectivity index (χ1v) is 9.03. The average Bonchev–Trinajstić information content (AvgIpc) is 3.06. The fourth-order valence-electron chi connectivity index (χ4n) is 2.21. The number of benzene rings is 1. The minimum atomic E-state index is -3.43. The largest absolute Gasteiger partial charge is 0.352 e. The molecule has 24 heavy (non-hydrogen) atoms. The number of carbonyl (C=O) groups excluding carboxylic acids is 1. The maximum absolute atomic E-state index is 12.0. The summed E-state index contributed by atoms with van der Waals surface area (Å²) in [5, 5.41) is 6.89. The highest BCUT2D eigenvalue weighted by Gasteiger charge is 2.11. The molecule has 0 saturated carbocycles. The first-order valence-electron chi connectivity index (χ1n) is 7.55. The number of rotatable bonds is 8. The van der Waals surface area contributed by atoms with E-state index in [2.05, 4.69) is 20.1 Å². The first-order chi connectivity index (χ1) is 11.4. The van der Waals surface area contributed by atoms with E-state index in [0.29, 0.717) is 19.4 Å². The van der Waals surface area contributed by atoms with Crippen molar-refractivity contribution in [3.8, 4) is 0 Å². The maximum atomic E-state index is 12.0. The van der Waals surface area contributed by atoms with Gasteiger partial charge in [-0.05, 0) is 38.1 Å². The molecule has 1 atom stereocenters. The van der Waals surface area contributed by atoms with Crippen LogP contribution in [-0.2, 0) is 27.8 Å². The van der Waals surface area contributed by atoms with Crippen LogP contribution in [0.5, 0.6) is 0 Å². The molecule has 0 saturated heterocycles. The van der Waals surface area contributed by atoms with E-state index in [1.165, 1.54) is 25.5 Å². The molecule has 0 fully saturated rings. The summed E-state index contributed by atoms with van der Waals surface area (Å²) >= 11 is 0. The van der Waals surface area contributed by atoms with Gasteiger partial charge < -0.3 is 5.32 Å². The van der Waals surface area contributed by atoms with Crippen LogP contribution >= 0.6 is 0 Å². The zero-order chi connectivity index (χ0) is 17.6. The summed E-state index contributed by atoms with van der Waals surface area (Å²) in [7, 11) is -2.06. The van der Waals surface area contributed by atoms with Gasteiger partial charge in [-0.1, -0.05) is 12.1 Å². The monoisotopic (exact) mass is 351 g/mol. The minimum absolute atomic E-state index is 0.0534. The second-order valence-corrected chi connectivity index (χ2v) is 7.32. The number of nitrogens with zero attached hydrogens (tertiary/aromatic N) is 3. The smallest absolute Gasteiger partial charge is 0.240 e. The highest BCUT2D eigenvalue weighted by Crippen LogP contribution is 2.11. The van der Waals surface area contributed by atoms with E-state index in [9.17, 15) is 13.2 Å². The molecule has 0 aliphatic heterocycles. The Hall–Kier alpha value is -2.26. The lowest BCUT2D eigenvalue weighted by Gasteiger charge is -2.13. The lowest BCUT2D eigenvalue weighted by atomic mass is 10.1. The van der Waals surface area contributed by atoms with Gasteiger partial charge in [-0.25, -0.2) is 18.1 Å². The Morgan fingerprint density at radius 3 is 2.58 bits per heavy atom. The fourth-order valence-corrected chi connectivity index (χ4v) is 2.94. The normalized spacial score (nSPS) is 12.8. The standard InChI is InChI=1S/C15H21N5O3S/c1-12(9-20-11-17-10-18-20)19-15(21)8-5-13-3-6-14(7-4-13)24(22,23)16-2/h3-4,6-7,10-12,16H,5,8-9H2,1-2H3,(H,19,21)/t12-/m0/s1. The molecule has 9 heteroatoms. The Labute approximate surface area is 141 Å². The van der Waals surface area contributed by atoms with Crippen molar-refractivity contribution in [2.75, 3.05) is 7.05 Å². The van der Waals surface area contributed by atoms with Crippen LogP contribution in [0, 0.1) is 0 Å². The Bertz CT molecular complexity index is 757. The summed E-state index contributed by atoms with van der Waals surface area (Å²) in [6, 6.07) is 6.45. The highest BCUT2D eigenvalue weighted by atomic mass is 32.2. The van der Waals surface area contributed by atoms with Gasteiger partial charge >= 0.3 is 0 Å². The third kappa shape index (κ3) is 5.14. The molecule has 0 unspecified atom stereocenters. The molecule has 0 radical (unpaired) electrons. The zero-order valence-corrected chi connectivity index (χ0v) is 14.5. The van der Waals surface area contributed by atoms with Crippen LogP contribution in [0.2, 0.25) is 0 Å². The van der Waals surface area contributed by atoms with Crippen LogP contribution in [-0.4, -0.2) is 42.2 Å². The van der Waals surface area contributed by atoms with Gasteiger partial charge in [-0.2, -0.15) is 5.10 Å². The second kappa shape index (κ2) is 8.02. The minimum Gasteiger partial charge on any atom is -0.352 e. The zero-order valence-electron chi connectivity index (χ0n) is 13.6. The third-order valence-electron chi connectivity index (χ3n) is 3.48. The summed E-state index contributed by atoms with van der Waals surface area (Å²) in [6.45, 7) is 2.46. The van der Waals surface area contributed by atoms with Gasteiger partial charge in [0.15, 0.2) is 0 Å². The summed E-state index contributed by atoms with van der Waals surface area (Å²) in [5.74, 6) is -0.0606. The Kier molecular flexibility index (Phi) is 6.04. The highest BCUT2D eigenvalue weighted by molar-refractivity contribution is 7.89. The molecule has 0 aliphatic carbocycles. The number of carbonyl (C=O) groups is 1. The van der Waals surface area contributed by atoms with Crippen molar-refractivity contribution in [3.63, 3.8) is 0 Å². The van der Waals surface area contributed by atoms with Crippen molar-refractivity contribution < 1.29 is 13.2 Å². The van der Waals surface area contributed by atoms with Crippen molar-refractivity contribution in [1.29, 1.82) is 0 Å². The fraction of sp³-hybridized carbons (Fsp3) is 0.400. The number of sulfonamides is 1. The Morgan fingerprint density at radius 1 is 1.29 bits per heavy atom. The number of amides is 1. The molecule has 2 aromatic rings. The van der Waals surface area contributed by atoms with Gasteiger partial charge in [0, 0.05) is 12.5 Å². The molecule has 2 N–H and O–H groups in total. The lowest BCUT2D eigenvalue weighted by Crippen LogP contribution is -2.35. The molecule has 0 spiro atoms. The van der Waals surface area contributed by atoms with Crippen LogP contribution in [0.25, 0.3) is 0 Å². The van der Waals surface area contributed by atoms with Crippen molar-refractivity contribution in [2.45, 2.75) is 37.2 Å². The summed E-state index contributed by atoms with van der Waals surface area (Å²) in [6.07, 6.45) is 3.93. The van der Waals surface area contributed by atoms with E-state index in [-0.39, 0.29) is 16.8 Å². The molecule has 1 aromatic carbocycles. The molecule has 130 valence electrons. The summed E-state index contributed by atoms with van der Waals surface area (Å²) in [5.41, 5.74) is 0.907. The van der Waals surface area contributed by atoms with Crippen molar-refractivity contribution in [2.24, 2.45) is 0 Å². The third-order valence-corrected chi connectivity index (χ3v) is 4.91. The number of hydrogen-bond donors (Lipinski definition) is 2. The van der Waals surface area contributed by atoms with Gasteiger partial charge in [0.25, 0.3) is 0 Å². The van der Waals surface area contributed by atoms with E-state index in [1.807, 2.05) is 6.92 Å². The van der Waals surface area contributed by atoms with Gasteiger partial charge in [-0.15, -0.1) is 0 Å². The van der Waals surface area contributed by atoms with Gasteiger partial charge in [0.05, 0.1) is 11.4 Å². The quantitative estimate of drug-likeness (QED) is 0.713. The molecule has 0 aliphatic rings. The van der Waals surface area contributed by atoms with Gasteiger partial charge in [0.2, 0.25) is 15.9 Å². The molecule has 1 aromatic heterocycles. The maximum Gasteiger partial charge on any atom is 0.240 e. The van der Waals surface area contributed by atoms with Crippen LogP contribution in [0.1, 0.15) is 18.9 Å². The average molecular weight is 351 g/mol. The predicted molar refractivity (Wildman–Crippen MR) is 88.6 cm³/mol. The van der Waals surface area contributed by atoms with Crippen LogP contribution in [0.15, 0.2) is 41.8 Å². The Balaban J connectivity index is 1.81. The van der Waals surface area contributed by atoms with Crippen LogP contribution in [0.3, 0.4) is 0 Å². The van der Waals surface area contributed by atoms with Crippen molar-refractivity contribution >= 4 is 15.9 Å². The SMILES string of the molecule is CNS(=O)(=O)c1ccc(CCC(=O)N[C@@H](C)Cn2cncn2)cc1. The topological polar surface area (TPSA) is 106 Å². The van der Waals surface area contributed by atoms with E-state index in [4.69, 9.17) is 0 Å². The second-order valence-electron chi connectivity index (χ2n) is 5.44. The molecular weight excluding hydrogens is 330 g/mol. The van der Waals surface area contributed by atoms with E-state index < -0.39 is 10.0 Å². The van der Waals surface area contributed by atoms with Gasteiger partial charge in [0.1, 0.15) is 12.7 Å². The molecule has 0 bridgehead atoms. The van der Waals surface area contributed by atoms with Crippen LogP contribution < -0.4 is 10.0 Å². The first kappa shape index (κ1) is 18.1. The molecule has 8 nitrogen and oxygen atoms in total. The molecule has 2 rings (SSSR count). The van der Waals surface area contributed by atoms with Crippen LogP contribution in [0.4, 0.5) is 0 Å². The summed E-state index contributed by atoms with van der Waals surface area (Å²) in [4.78, 5) is 16.0. The van der Waals surface area contributed by atoms with E-state index >= 15 is 0 Å². The number of nitrogens with one attached hydrogen (secondary N) is 2.